The second-order valence-electron chi connectivity index (χ2n) is 6.01. The van der Waals surface area contributed by atoms with Crippen molar-refractivity contribution in [1.29, 1.82) is 0 Å². The summed E-state index contributed by atoms with van der Waals surface area (Å²) >= 11 is 0. The fourth-order valence-corrected chi connectivity index (χ4v) is 3.29. The summed E-state index contributed by atoms with van der Waals surface area (Å²) in [5.74, 6) is -0.387. The van der Waals surface area contributed by atoms with Crippen LogP contribution < -0.4 is 9.96 Å². The fourth-order valence-electron chi connectivity index (χ4n) is 3.29. The van der Waals surface area contributed by atoms with E-state index in [1.807, 2.05) is 56.3 Å². The van der Waals surface area contributed by atoms with Crippen LogP contribution in [0.4, 0.5) is 11.4 Å². The van der Waals surface area contributed by atoms with Crippen LogP contribution in [0.3, 0.4) is 0 Å². The first-order valence-electron chi connectivity index (χ1n) is 8.52. The van der Waals surface area contributed by atoms with Crippen LogP contribution in [0.1, 0.15) is 25.0 Å². The van der Waals surface area contributed by atoms with Gasteiger partial charge in [-0.3, -0.25) is 4.79 Å². The molecule has 1 heterocycles. The Morgan fingerprint density at radius 1 is 1.16 bits per heavy atom. The van der Waals surface area contributed by atoms with Gasteiger partial charge in [0.05, 0.1) is 5.56 Å². The highest BCUT2D eigenvalue weighted by Crippen LogP contribution is 2.30. The van der Waals surface area contributed by atoms with E-state index in [4.69, 9.17) is 0 Å². The number of anilines is 1. The molecule has 0 saturated heterocycles. The summed E-state index contributed by atoms with van der Waals surface area (Å²) < 4.78 is 0. The molecule has 130 valence electrons. The number of aliphatic hydroxyl groups excluding tert-OH is 1. The Hall–Kier alpha value is -2.63. The van der Waals surface area contributed by atoms with Gasteiger partial charge in [0.15, 0.2) is 0 Å². The highest BCUT2D eigenvalue weighted by molar-refractivity contribution is 6.10. The van der Waals surface area contributed by atoms with Crippen molar-refractivity contribution >= 4 is 23.0 Å². The molecule has 0 bridgehead atoms. The maximum absolute atomic E-state index is 13.1. The Morgan fingerprint density at radius 2 is 1.88 bits per heavy atom. The average Bonchev–Trinajstić information content (AvgIpc) is 2.65. The minimum atomic E-state index is -0.323. The Balaban J connectivity index is 2.08. The summed E-state index contributed by atoms with van der Waals surface area (Å²) in [5, 5.41) is 23.2. The number of nitrogens with one attached hydrogen (secondary N) is 1. The largest absolute Gasteiger partial charge is 0.629 e. The summed E-state index contributed by atoms with van der Waals surface area (Å²) in [6.07, 6.45) is 0.679. The Morgan fingerprint density at radius 3 is 2.52 bits per heavy atom. The number of likely N-dealkylation sites (N-methyl/N-ethyl adjacent to an activating group) is 1. The molecule has 1 aliphatic rings. The molecule has 2 aromatic rings. The first kappa shape index (κ1) is 17.2. The van der Waals surface area contributed by atoms with E-state index >= 15 is 0 Å². The second-order valence-corrected chi connectivity index (χ2v) is 6.01. The molecule has 5 heteroatoms. The summed E-state index contributed by atoms with van der Waals surface area (Å²) in [6, 6.07) is 14.7. The fraction of sp³-hybridized carbons (Fsp3) is 0.250. The number of carbonyl (C=O) groups is 1. The number of para-hydroxylation sites is 1. The summed E-state index contributed by atoms with van der Waals surface area (Å²) in [6.45, 7) is 4.22. The number of aryl methyl sites for hydroxylation is 1. The predicted molar refractivity (Wildman–Crippen MR) is 98.7 cm³/mol. The topological polar surface area (TPSA) is 68.0 Å². The number of hydroxylamine groups is 1. The van der Waals surface area contributed by atoms with Crippen LogP contribution in [0.2, 0.25) is 0 Å². The van der Waals surface area contributed by atoms with Gasteiger partial charge >= 0.3 is 0 Å². The maximum Gasteiger partial charge on any atom is 0.263 e. The van der Waals surface area contributed by atoms with Crippen molar-refractivity contribution in [3.63, 3.8) is 0 Å². The van der Waals surface area contributed by atoms with Gasteiger partial charge in [-0.15, -0.1) is 0 Å². The Labute approximate surface area is 147 Å². The van der Waals surface area contributed by atoms with E-state index in [1.54, 1.807) is 11.0 Å². The second kappa shape index (κ2) is 7.09. The third kappa shape index (κ3) is 3.04. The van der Waals surface area contributed by atoms with Crippen LogP contribution >= 0.6 is 0 Å². The first-order valence-corrected chi connectivity index (χ1v) is 8.52. The van der Waals surface area contributed by atoms with Gasteiger partial charge < -0.3 is 20.3 Å². The standard InChI is InChI=1S/C20H22N2O3/c1-3-14-9-8-12-17-18(14)19(23)16(13-22(17)25)20(24)21(4-2)15-10-6-5-7-11-15/h5-12,22-23H,3-4,13H2,1-2H3. The van der Waals surface area contributed by atoms with E-state index in [-0.39, 0.29) is 28.8 Å². The van der Waals surface area contributed by atoms with E-state index in [9.17, 15) is 15.1 Å². The molecular weight excluding hydrogens is 316 g/mol. The van der Waals surface area contributed by atoms with Crippen molar-refractivity contribution in [1.82, 2.24) is 0 Å². The highest BCUT2D eigenvalue weighted by atomic mass is 16.5. The van der Waals surface area contributed by atoms with Crippen LogP contribution in [0.5, 0.6) is 0 Å². The number of rotatable bonds is 4. The monoisotopic (exact) mass is 338 g/mol. The number of aliphatic hydroxyl groups is 1. The van der Waals surface area contributed by atoms with Gasteiger partial charge in [0.1, 0.15) is 23.6 Å². The lowest BCUT2D eigenvalue weighted by Crippen LogP contribution is -3.03. The quantitative estimate of drug-likeness (QED) is 0.842. The van der Waals surface area contributed by atoms with Crippen molar-refractivity contribution in [2.45, 2.75) is 20.3 Å². The van der Waals surface area contributed by atoms with Gasteiger partial charge in [-0.2, -0.15) is 0 Å². The normalized spacial score (nSPS) is 16.5. The first-order chi connectivity index (χ1) is 12.1. The minimum Gasteiger partial charge on any atom is -0.629 e. The van der Waals surface area contributed by atoms with Crippen LogP contribution in [0.25, 0.3) is 5.76 Å². The lowest BCUT2D eigenvalue weighted by atomic mass is 9.94. The SMILES string of the molecule is CCc1cccc2c1C(O)=C(C(=O)N(CC)c1ccccc1)C[NH+]2[O-]. The molecule has 2 aromatic carbocycles. The average molecular weight is 338 g/mol. The minimum absolute atomic E-state index is 0.0635. The Kier molecular flexibility index (Phi) is 4.88. The van der Waals surface area contributed by atoms with Gasteiger partial charge in [-0.25, -0.2) is 0 Å². The maximum atomic E-state index is 13.1. The molecule has 0 aliphatic carbocycles. The van der Waals surface area contributed by atoms with Crippen molar-refractivity contribution in [2.24, 2.45) is 0 Å². The lowest BCUT2D eigenvalue weighted by molar-refractivity contribution is -0.770. The van der Waals surface area contributed by atoms with Gasteiger partial charge in [-0.1, -0.05) is 37.3 Å². The van der Waals surface area contributed by atoms with E-state index in [0.29, 0.717) is 24.2 Å². The van der Waals surface area contributed by atoms with E-state index in [0.717, 1.165) is 11.3 Å². The van der Waals surface area contributed by atoms with Gasteiger partial charge in [0.25, 0.3) is 5.91 Å². The molecule has 0 spiro atoms. The molecule has 1 amide bonds. The molecule has 2 N–H and O–H groups in total. The van der Waals surface area contributed by atoms with Gasteiger partial charge in [0.2, 0.25) is 0 Å². The molecule has 0 fully saturated rings. The zero-order chi connectivity index (χ0) is 18.0. The van der Waals surface area contributed by atoms with Crippen molar-refractivity contribution in [3.05, 3.63) is 70.4 Å². The van der Waals surface area contributed by atoms with Crippen molar-refractivity contribution in [3.8, 4) is 0 Å². The van der Waals surface area contributed by atoms with E-state index in [2.05, 4.69) is 0 Å². The number of carbonyl (C=O) groups excluding carboxylic acids is 1. The highest BCUT2D eigenvalue weighted by Gasteiger charge is 2.32. The summed E-state index contributed by atoms with van der Waals surface area (Å²) in [4.78, 5) is 14.6. The molecule has 1 unspecified atom stereocenters. The van der Waals surface area contributed by atoms with Crippen molar-refractivity contribution < 1.29 is 15.0 Å². The molecule has 3 rings (SSSR count). The predicted octanol–water partition coefficient (Wildman–Crippen LogP) is 2.60. The van der Waals surface area contributed by atoms with E-state index < -0.39 is 0 Å². The molecule has 1 aliphatic heterocycles. The molecule has 5 nitrogen and oxygen atoms in total. The molecule has 0 radical (unpaired) electrons. The number of benzene rings is 2. The smallest absolute Gasteiger partial charge is 0.263 e. The van der Waals surface area contributed by atoms with Crippen LogP contribution in [-0.2, 0) is 11.2 Å². The third-order valence-electron chi connectivity index (χ3n) is 4.58. The lowest BCUT2D eigenvalue weighted by Gasteiger charge is -2.32. The Bertz CT molecular complexity index is 815. The zero-order valence-corrected chi connectivity index (χ0v) is 14.5. The zero-order valence-electron chi connectivity index (χ0n) is 14.5. The van der Waals surface area contributed by atoms with Crippen molar-refractivity contribution in [2.75, 3.05) is 18.0 Å². The number of quaternary nitrogens is 1. The summed E-state index contributed by atoms with van der Waals surface area (Å²) in [7, 11) is 0. The molecular formula is C20H22N2O3. The number of fused-ring (bicyclic) bond motifs is 1. The number of nitrogens with zero attached hydrogens (tertiary/aromatic N) is 1. The van der Waals surface area contributed by atoms with Crippen LogP contribution in [0, 0.1) is 5.21 Å². The van der Waals surface area contributed by atoms with E-state index in [1.165, 1.54) is 0 Å². The molecule has 25 heavy (non-hydrogen) atoms. The van der Waals surface area contributed by atoms with Gasteiger partial charge in [-0.05, 0) is 31.0 Å². The van der Waals surface area contributed by atoms with Crippen LogP contribution in [0.15, 0.2) is 54.1 Å². The van der Waals surface area contributed by atoms with Gasteiger partial charge in [0, 0.05) is 18.3 Å². The molecule has 1 atom stereocenters. The number of hydrogen-bond acceptors (Lipinski definition) is 3. The molecule has 0 aromatic heterocycles. The van der Waals surface area contributed by atoms with Crippen LogP contribution in [-0.4, -0.2) is 24.1 Å². The molecule has 0 saturated carbocycles. The number of amides is 1. The number of hydrogen-bond donors (Lipinski definition) is 2. The third-order valence-corrected chi connectivity index (χ3v) is 4.58. The summed E-state index contributed by atoms with van der Waals surface area (Å²) in [5.41, 5.74) is 2.79.